The van der Waals surface area contributed by atoms with Crippen LogP contribution in [0.25, 0.3) is 0 Å². The van der Waals surface area contributed by atoms with Gasteiger partial charge in [0, 0.05) is 19.7 Å². The number of hydrogen-bond donors (Lipinski definition) is 2. The fourth-order valence-corrected chi connectivity index (χ4v) is 4.36. The van der Waals surface area contributed by atoms with Crippen LogP contribution < -0.4 is 5.32 Å². The van der Waals surface area contributed by atoms with E-state index in [0.29, 0.717) is 12.5 Å². The molecule has 0 aromatic heterocycles. The standard InChI is InChI=1S/C16H32NO4PS/c1-11(2)13-6-8-14(9-7-13)16(23)17-15(10-20-4)12(3)21-22(5,18)19/h11-15H,6-10H2,1-5H3,(H,17,23)(H,18,19)/t12-,13-,14-,15-/m0/s1. The Labute approximate surface area is 146 Å². The van der Waals surface area contributed by atoms with Gasteiger partial charge in [-0.05, 0) is 44.4 Å². The highest BCUT2D eigenvalue weighted by atomic mass is 32.1. The fraction of sp³-hybridized carbons (Fsp3) is 0.938. The van der Waals surface area contributed by atoms with E-state index in [1.807, 2.05) is 0 Å². The number of ether oxygens (including phenoxy) is 1. The molecule has 7 heteroatoms. The van der Waals surface area contributed by atoms with Crippen molar-refractivity contribution in [3.05, 3.63) is 0 Å². The molecule has 0 heterocycles. The van der Waals surface area contributed by atoms with Gasteiger partial charge in [0.15, 0.2) is 0 Å². The molecule has 0 aliphatic heterocycles. The molecule has 1 fully saturated rings. The topological polar surface area (TPSA) is 67.8 Å². The average Bonchev–Trinajstić information content (AvgIpc) is 2.45. The Morgan fingerprint density at radius 1 is 1.30 bits per heavy atom. The zero-order valence-electron chi connectivity index (χ0n) is 14.9. The van der Waals surface area contributed by atoms with Crippen LogP contribution in [0.2, 0.25) is 0 Å². The summed E-state index contributed by atoms with van der Waals surface area (Å²) in [4.78, 5) is 10.2. The van der Waals surface area contributed by atoms with Crippen molar-refractivity contribution in [3.63, 3.8) is 0 Å². The zero-order valence-corrected chi connectivity index (χ0v) is 16.7. The first-order valence-corrected chi connectivity index (χ1v) is 10.8. The smallest absolute Gasteiger partial charge is 0.325 e. The molecule has 23 heavy (non-hydrogen) atoms. The minimum Gasteiger partial charge on any atom is -0.382 e. The molecule has 0 aromatic carbocycles. The molecular weight excluding hydrogens is 333 g/mol. The second-order valence-corrected chi connectivity index (χ2v) is 9.30. The predicted octanol–water partition coefficient (Wildman–Crippen LogP) is 3.60. The fourth-order valence-electron chi connectivity index (χ4n) is 3.20. The molecule has 3 atom stereocenters. The number of nitrogens with one attached hydrogen (secondary N) is 1. The molecule has 0 unspecified atom stereocenters. The summed E-state index contributed by atoms with van der Waals surface area (Å²) in [7, 11) is -1.93. The van der Waals surface area contributed by atoms with E-state index >= 15 is 0 Å². The third kappa shape index (κ3) is 7.61. The summed E-state index contributed by atoms with van der Waals surface area (Å²) >= 11 is 5.58. The van der Waals surface area contributed by atoms with Gasteiger partial charge in [-0.15, -0.1) is 0 Å². The molecule has 0 spiro atoms. The van der Waals surface area contributed by atoms with Crippen molar-refractivity contribution in [1.29, 1.82) is 0 Å². The quantitative estimate of drug-likeness (QED) is 0.506. The molecule has 0 aromatic rings. The van der Waals surface area contributed by atoms with E-state index in [-0.39, 0.29) is 6.04 Å². The van der Waals surface area contributed by atoms with E-state index in [2.05, 4.69) is 19.2 Å². The molecule has 0 amide bonds. The zero-order chi connectivity index (χ0) is 17.6. The highest BCUT2D eigenvalue weighted by Gasteiger charge is 2.29. The maximum Gasteiger partial charge on any atom is 0.325 e. The Morgan fingerprint density at radius 2 is 1.87 bits per heavy atom. The molecule has 2 N–H and O–H groups in total. The SMILES string of the molecule is COC[C@H](NC(=S)[C@H]1CC[C@H](C(C)C)CC1)[C@H](C)O[P@@](C)(=O)O. The molecule has 0 bridgehead atoms. The Bertz CT molecular complexity index is 418. The molecule has 5 nitrogen and oxygen atoms in total. The van der Waals surface area contributed by atoms with E-state index < -0.39 is 13.7 Å². The molecular formula is C16H32NO4PS. The Hall–Kier alpha value is -0.0000000000000000208. The van der Waals surface area contributed by atoms with Gasteiger partial charge in [-0.1, -0.05) is 26.1 Å². The number of methoxy groups -OCH3 is 1. The van der Waals surface area contributed by atoms with Gasteiger partial charge in [-0.25, -0.2) is 0 Å². The lowest BCUT2D eigenvalue weighted by Crippen LogP contribution is -2.47. The normalized spacial score (nSPS) is 27.3. The van der Waals surface area contributed by atoms with Crippen LogP contribution in [0.5, 0.6) is 0 Å². The monoisotopic (exact) mass is 365 g/mol. The maximum absolute atomic E-state index is 11.5. The van der Waals surface area contributed by atoms with Gasteiger partial charge < -0.3 is 19.5 Å². The van der Waals surface area contributed by atoms with Crippen molar-refractivity contribution in [1.82, 2.24) is 5.32 Å². The van der Waals surface area contributed by atoms with Crippen LogP contribution in [-0.4, -0.2) is 42.4 Å². The van der Waals surface area contributed by atoms with E-state index in [0.717, 1.165) is 29.7 Å². The van der Waals surface area contributed by atoms with E-state index in [4.69, 9.17) is 21.5 Å². The first-order chi connectivity index (χ1) is 10.6. The number of thiocarbonyl (C=S) groups is 1. The largest absolute Gasteiger partial charge is 0.382 e. The van der Waals surface area contributed by atoms with Gasteiger partial charge in [0.2, 0.25) is 0 Å². The lowest BCUT2D eigenvalue weighted by molar-refractivity contribution is 0.0959. The molecule has 1 aliphatic rings. The van der Waals surface area contributed by atoms with Crippen molar-refractivity contribution in [2.75, 3.05) is 20.4 Å². The summed E-state index contributed by atoms with van der Waals surface area (Å²) in [6.07, 6.45) is 4.18. The van der Waals surface area contributed by atoms with Crippen LogP contribution in [0.3, 0.4) is 0 Å². The number of rotatable bonds is 8. The van der Waals surface area contributed by atoms with E-state index in [1.54, 1.807) is 14.0 Å². The van der Waals surface area contributed by atoms with Crippen LogP contribution in [0.15, 0.2) is 0 Å². The van der Waals surface area contributed by atoms with Crippen LogP contribution in [-0.2, 0) is 13.8 Å². The van der Waals surface area contributed by atoms with Gasteiger partial charge in [-0.3, -0.25) is 4.57 Å². The summed E-state index contributed by atoms with van der Waals surface area (Å²) in [5.41, 5.74) is 0. The molecule has 1 aliphatic carbocycles. The Balaban J connectivity index is 2.56. The molecule has 0 saturated heterocycles. The van der Waals surface area contributed by atoms with Gasteiger partial charge in [0.05, 0.1) is 23.7 Å². The van der Waals surface area contributed by atoms with E-state index in [1.165, 1.54) is 19.5 Å². The second-order valence-electron chi connectivity index (χ2n) is 7.04. The summed E-state index contributed by atoms with van der Waals surface area (Å²) < 4.78 is 21.9. The summed E-state index contributed by atoms with van der Waals surface area (Å²) in [5.74, 6) is 1.91. The van der Waals surface area contributed by atoms with Gasteiger partial charge >= 0.3 is 7.60 Å². The summed E-state index contributed by atoms with van der Waals surface area (Å²) in [5, 5.41) is 3.30. The molecule has 136 valence electrons. The van der Waals surface area contributed by atoms with Crippen LogP contribution in [0.4, 0.5) is 0 Å². The maximum atomic E-state index is 11.5. The second kappa shape index (κ2) is 9.47. The molecule has 0 radical (unpaired) electrons. The van der Waals surface area contributed by atoms with Crippen molar-refractivity contribution >= 4 is 24.8 Å². The summed E-state index contributed by atoms with van der Waals surface area (Å²) in [6, 6.07) is -0.226. The van der Waals surface area contributed by atoms with Crippen molar-refractivity contribution in [3.8, 4) is 0 Å². The Morgan fingerprint density at radius 3 is 2.30 bits per heavy atom. The van der Waals surface area contributed by atoms with Crippen molar-refractivity contribution in [2.45, 2.75) is 58.6 Å². The van der Waals surface area contributed by atoms with Crippen molar-refractivity contribution < 1.29 is 18.7 Å². The predicted molar refractivity (Wildman–Crippen MR) is 98.0 cm³/mol. The number of hydrogen-bond acceptors (Lipinski definition) is 4. The third-order valence-corrected chi connectivity index (χ3v) is 5.86. The minimum atomic E-state index is -3.53. The first-order valence-electron chi connectivity index (χ1n) is 8.42. The highest BCUT2D eigenvalue weighted by Crippen LogP contribution is 2.39. The van der Waals surface area contributed by atoms with Crippen LogP contribution in [0, 0.1) is 17.8 Å². The lowest BCUT2D eigenvalue weighted by Gasteiger charge is -2.34. The molecule has 1 rings (SSSR count). The first kappa shape index (κ1) is 21.0. The van der Waals surface area contributed by atoms with Crippen LogP contribution >= 0.6 is 19.8 Å². The van der Waals surface area contributed by atoms with Gasteiger partial charge in [-0.2, -0.15) is 0 Å². The highest BCUT2D eigenvalue weighted by molar-refractivity contribution is 7.80. The molecule has 1 saturated carbocycles. The van der Waals surface area contributed by atoms with E-state index in [9.17, 15) is 9.46 Å². The van der Waals surface area contributed by atoms with Gasteiger partial charge in [0.1, 0.15) is 0 Å². The minimum absolute atomic E-state index is 0.226. The van der Waals surface area contributed by atoms with Gasteiger partial charge in [0.25, 0.3) is 0 Å². The lowest BCUT2D eigenvalue weighted by atomic mass is 9.77. The Kier molecular flexibility index (Phi) is 8.67. The summed E-state index contributed by atoms with van der Waals surface area (Å²) in [6.45, 7) is 7.91. The van der Waals surface area contributed by atoms with Crippen LogP contribution in [0.1, 0.15) is 46.5 Å². The van der Waals surface area contributed by atoms with Crippen molar-refractivity contribution in [2.24, 2.45) is 17.8 Å². The average molecular weight is 365 g/mol. The third-order valence-electron chi connectivity index (χ3n) is 4.69.